The Hall–Kier alpha value is -2.30. The summed E-state index contributed by atoms with van der Waals surface area (Å²) in [5, 5.41) is 8.61. The summed E-state index contributed by atoms with van der Waals surface area (Å²) in [6.07, 6.45) is 4.05. The Morgan fingerprint density at radius 1 is 1.20 bits per heavy atom. The van der Waals surface area contributed by atoms with Crippen LogP contribution in [0.4, 0.5) is 0 Å². The number of carboxylic acids is 1. The smallest absolute Gasteiger partial charge is 0.328 e. The lowest BCUT2D eigenvalue weighted by Gasteiger charge is -2.09. The number of para-hydroxylation sites is 1. The van der Waals surface area contributed by atoms with Crippen molar-refractivity contribution in [3.63, 3.8) is 0 Å². The first-order valence-corrected chi connectivity index (χ1v) is 6.36. The Labute approximate surface area is 117 Å². The van der Waals surface area contributed by atoms with E-state index in [-0.39, 0.29) is 5.97 Å². The standard InChI is InChI=1S/C15H18O5/c1-12(16)19-10-4-5-11-20-14-7-3-2-6-13(14)8-9-15(17)18/h2-3,6-9H,4-5,10-11H2,1H3,(H,17,18). The third-order valence-electron chi connectivity index (χ3n) is 2.43. The molecule has 0 aromatic heterocycles. The first-order chi connectivity index (χ1) is 9.59. The number of unbranched alkanes of at least 4 members (excludes halogenated alkanes) is 1. The van der Waals surface area contributed by atoms with E-state index in [0.717, 1.165) is 24.5 Å². The van der Waals surface area contributed by atoms with Crippen molar-refractivity contribution >= 4 is 18.0 Å². The van der Waals surface area contributed by atoms with Gasteiger partial charge >= 0.3 is 11.9 Å². The van der Waals surface area contributed by atoms with Crippen LogP contribution in [0.3, 0.4) is 0 Å². The Kier molecular flexibility index (Phi) is 6.89. The van der Waals surface area contributed by atoms with Crippen LogP contribution in [-0.2, 0) is 14.3 Å². The van der Waals surface area contributed by atoms with Crippen molar-refractivity contribution in [2.45, 2.75) is 19.8 Å². The first kappa shape index (κ1) is 15.8. The number of aliphatic carboxylic acids is 1. The van der Waals surface area contributed by atoms with Crippen LogP contribution in [0, 0.1) is 0 Å². The maximum atomic E-state index is 10.6. The fraction of sp³-hybridized carbons (Fsp3) is 0.333. The van der Waals surface area contributed by atoms with Crippen LogP contribution in [-0.4, -0.2) is 30.3 Å². The number of carbonyl (C=O) groups excluding carboxylic acids is 1. The zero-order valence-corrected chi connectivity index (χ0v) is 11.4. The molecule has 0 atom stereocenters. The highest BCUT2D eigenvalue weighted by molar-refractivity contribution is 5.85. The van der Waals surface area contributed by atoms with E-state index >= 15 is 0 Å². The highest BCUT2D eigenvalue weighted by Gasteiger charge is 2.00. The van der Waals surface area contributed by atoms with E-state index in [1.165, 1.54) is 13.0 Å². The fourth-order valence-electron chi connectivity index (χ4n) is 1.51. The number of rotatable bonds is 8. The molecule has 0 aliphatic heterocycles. The molecule has 0 heterocycles. The molecule has 0 amide bonds. The van der Waals surface area contributed by atoms with Gasteiger partial charge < -0.3 is 14.6 Å². The molecular formula is C15H18O5. The van der Waals surface area contributed by atoms with Gasteiger partial charge in [-0.25, -0.2) is 4.79 Å². The molecule has 5 nitrogen and oxygen atoms in total. The molecule has 0 saturated heterocycles. The summed E-state index contributed by atoms with van der Waals surface area (Å²) >= 11 is 0. The third kappa shape index (κ3) is 6.58. The Balaban J connectivity index is 2.40. The molecule has 1 N–H and O–H groups in total. The maximum Gasteiger partial charge on any atom is 0.328 e. The van der Waals surface area contributed by atoms with Crippen molar-refractivity contribution in [2.75, 3.05) is 13.2 Å². The number of hydrogen-bond donors (Lipinski definition) is 1. The van der Waals surface area contributed by atoms with Crippen LogP contribution in [0.5, 0.6) is 5.75 Å². The summed E-state index contributed by atoms with van der Waals surface area (Å²) in [6, 6.07) is 7.21. The first-order valence-electron chi connectivity index (χ1n) is 6.36. The van der Waals surface area contributed by atoms with E-state index in [1.54, 1.807) is 12.1 Å². The second-order valence-electron chi connectivity index (χ2n) is 4.11. The highest BCUT2D eigenvalue weighted by atomic mass is 16.5. The lowest BCUT2D eigenvalue weighted by atomic mass is 10.2. The summed E-state index contributed by atoms with van der Waals surface area (Å²) in [7, 11) is 0. The van der Waals surface area contributed by atoms with Crippen molar-refractivity contribution in [1.29, 1.82) is 0 Å². The number of esters is 1. The molecule has 0 unspecified atom stereocenters. The molecule has 0 saturated carbocycles. The summed E-state index contributed by atoms with van der Waals surface area (Å²) in [5.74, 6) is -0.645. The Bertz CT molecular complexity index is 479. The van der Waals surface area contributed by atoms with Crippen molar-refractivity contribution < 1.29 is 24.2 Å². The minimum atomic E-state index is -0.999. The van der Waals surface area contributed by atoms with Gasteiger partial charge in [0.1, 0.15) is 5.75 Å². The highest BCUT2D eigenvalue weighted by Crippen LogP contribution is 2.19. The van der Waals surface area contributed by atoms with E-state index < -0.39 is 5.97 Å². The number of carbonyl (C=O) groups is 2. The van der Waals surface area contributed by atoms with Crippen molar-refractivity contribution in [3.05, 3.63) is 35.9 Å². The third-order valence-corrected chi connectivity index (χ3v) is 2.43. The lowest BCUT2D eigenvalue weighted by molar-refractivity contribution is -0.141. The van der Waals surface area contributed by atoms with Gasteiger partial charge in [0, 0.05) is 18.6 Å². The lowest BCUT2D eigenvalue weighted by Crippen LogP contribution is -2.04. The quantitative estimate of drug-likeness (QED) is 0.449. The Morgan fingerprint density at radius 3 is 2.60 bits per heavy atom. The Morgan fingerprint density at radius 2 is 1.90 bits per heavy atom. The molecule has 108 valence electrons. The average molecular weight is 278 g/mol. The van der Waals surface area contributed by atoms with E-state index in [4.69, 9.17) is 14.6 Å². The molecule has 1 rings (SSSR count). The van der Waals surface area contributed by atoms with E-state index in [0.29, 0.717) is 19.0 Å². The number of hydrogen-bond acceptors (Lipinski definition) is 4. The zero-order chi connectivity index (χ0) is 14.8. The van der Waals surface area contributed by atoms with Crippen LogP contribution in [0.1, 0.15) is 25.3 Å². The van der Waals surface area contributed by atoms with Gasteiger partial charge in [0.2, 0.25) is 0 Å². The van der Waals surface area contributed by atoms with Crippen LogP contribution in [0.25, 0.3) is 6.08 Å². The topological polar surface area (TPSA) is 72.8 Å². The summed E-state index contributed by atoms with van der Waals surface area (Å²) in [5.41, 5.74) is 0.717. The summed E-state index contributed by atoms with van der Waals surface area (Å²) in [4.78, 5) is 21.1. The number of carboxylic acid groups (broad SMARTS) is 1. The monoisotopic (exact) mass is 278 g/mol. The van der Waals surface area contributed by atoms with Gasteiger partial charge in [0.25, 0.3) is 0 Å². The molecule has 0 aliphatic carbocycles. The minimum Gasteiger partial charge on any atom is -0.493 e. The van der Waals surface area contributed by atoms with Gasteiger partial charge in [0.15, 0.2) is 0 Å². The van der Waals surface area contributed by atoms with E-state index in [1.807, 2.05) is 12.1 Å². The predicted molar refractivity (Wildman–Crippen MR) is 74.5 cm³/mol. The SMILES string of the molecule is CC(=O)OCCCCOc1ccccc1C=CC(=O)O. The number of benzene rings is 1. The molecule has 5 heteroatoms. The van der Waals surface area contributed by atoms with Crippen molar-refractivity contribution in [3.8, 4) is 5.75 Å². The van der Waals surface area contributed by atoms with E-state index in [2.05, 4.69) is 0 Å². The van der Waals surface area contributed by atoms with E-state index in [9.17, 15) is 9.59 Å². The fourth-order valence-corrected chi connectivity index (χ4v) is 1.51. The molecule has 0 spiro atoms. The van der Waals surface area contributed by atoms with Crippen LogP contribution >= 0.6 is 0 Å². The summed E-state index contributed by atoms with van der Waals surface area (Å²) < 4.78 is 10.4. The molecule has 0 bridgehead atoms. The van der Waals surface area contributed by atoms with Gasteiger partial charge in [-0.2, -0.15) is 0 Å². The number of ether oxygens (including phenoxy) is 2. The molecule has 1 aromatic rings. The normalized spacial score (nSPS) is 10.4. The largest absolute Gasteiger partial charge is 0.493 e. The van der Waals surface area contributed by atoms with Crippen LogP contribution in [0.2, 0.25) is 0 Å². The molecule has 0 radical (unpaired) electrons. The predicted octanol–water partition coefficient (Wildman–Crippen LogP) is 2.51. The minimum absolute atomic E-state index is 0.282. The van der Waals surface area contributed by atoms with Gasteiger partial charge in [0.05, 0.1) is 13.2 Å². The second kappa shape index (κ2) is 8.74. The van der Waals surface area contributed by atoms with Crippen molar-refractivity contribution in [2.24, 2.45) is 0 Å². The van der Waals surface area contributed by atoms with Crippen LogP contribution < -0.4 is 4.74 Å². The van der Waals surface area contributed by atoms with Gasteiger partial charge in [-0.05, 0) is 25.0 Å². The second-order valence-corrected chi connectivity index (χ2v) is 4.11. The summed E-state index contributed by atoms with van der Waals surface area (Å²) in [6.45, 7) is 2.25. The van der Waals surface area contributed by atoms with Crippen molar-refractivity contribution in [1.82, 2.24) is 0 Å². The van der Waals surface area contributed by atoms with Gasteiger partial charge in [-0.3, -0.25) is 4.79 Å². The maximum absolute atomic E-state index is 10.6. The zero-order valence-electron chi connectivity index (χ0n) is 11.4. The van der Waals surface area contributed by atoms with Gasteiger partial charge in [-0.1, -0.05) is 18.2 Å². The van der Waals surface area contributed by atoms with Gasteiger partial charge in [-0.15, -0.1) is 0 Å². The molecule has 20 heavy (non-hydrogen) atoms. The van der Waals surface area contributed by atoms with Crippen LogP contribution in [0.15, 0.2) is 30.3 Å². The average Bonchev–Trinajstić information content (AvgIpc) is 2.41. The molecule has 0 aliphatic rings. The molecule has 1 aromatic carbocycles. The molecular weight excluding hydrogens is 260 g/mol. The molecule has 0 fully saturated rings.